The maximum absolute atomic E-state index is 11.9. The maximum atomic E-state index is 11.9. The van der Waals surface area contributed by atoms with E-state index in [1.165, 1.54) is 0 Å². The van der Waals surface area contributed by atoms with Crippen LogP contribution in [0.1, 0.15) is 21.5 Å². The topological polar surface area (TPSA) is 20.3 Å². The van der Waals surface area contributed by atoms with Crippen LogP contribution in [-0.4, -0.2) is 24.4 Å². The molecule has 0 saturated heterocycles. The zero-order valence-electron chi connectivity index (χ0n) is 8.45. The lowest BCUT2D eigenvalue weighted by Crippen LogP contribution is -2.26. The molecule has 14 heavy (non-hydrogen) atoms. The molecule has 1 aliphatic heterocycles. The van der Waals surface area contributed by atoms with Crippen molar-refractivity contribution in [2.75, 3.05) is 13.6 Å². The van der Waals surface area contributed by atoms with E-state index in [-0.39, 0.29) is 5.91 Å². The van der Waals surface area contributed by atoms with Crippen molar-refractivity contribution in [3.05, 3.63) is 41.0 Å². The number of carbonyl (C=O) groups is 1. The van der Waals surface area contributed by atoms with E-state index in [0.717, 1.165) is 16.7 Å². The lowest BCUT2D eigenvalue weighted by molar-refractivity contribution is 0.0811. The molecule has 72 valence electrons. The Morgan fingerprint density at radius 3 is 2.93 bits per heavy atom. The van der Waals surface area contributed by atoms with Crippen LogP contribution in [-0.2, 0) is 0 Å². The van der Waals surface area contributed by atoms with Crippen LogP contribution >= 0.6 is 0 Å². The second kappa shape index (κ2) is 3.29. The summed E-state index contributed by atoms with van der Waals surface area (Å²) in [7, 11) is 1.82. The second-order valence-electron chi connectivity index (χ2n) is 3.68. The predicted molar refractivity (Wildman–Crippen MR) is 57.2 cm³/mol. The van der Waals surface area contributed by atoms with E-state index >= 15 is 0 Å². The van der Waals surface area contributed by atoms with Gasteiger partial charge in [0, 0.05) is 19.2 Å². The zero-order valence-corrected chi connectivity index (χ0v) is 8.45. The Morgan fingerprint density at radius 1 is 1.36 bits per heavy atom. The third kappa shape index (κ3) is 1.43. The Kier molecular flexibility index (Phi) is 2.12. The summed E-state index contributed by atoms with van der Waals surface area (Å²) < 4.78 is 0. The van der Waals surface area contributed by atoms with Crippen molar-refractivity contribution < 1.29 is 4.79 Å². The Labute approximate surface area is 83.8 Å². The van der Waals surface area contributed by atoms with Gasteiger partial charge in [-0.15, -0.1) is 0 Å². The molecule has 2 rings (SSSR count). The largest absolute Gasteiger partial charge is 0.338 e. The van der Waals surface area contributed by atoms with Crippen molar-refractivity contribution in [3.63, 3.8) is 0 Å². The minimum atomic E-state index is 0.105. The number of hydrogen-bond acceptors (Lipinski definition) is 1. The molecule has 0 bridgehead atoms. The Balaban J connectivity index is 2.57. The normalized spacial score (nSPS) is 15.3. The first-order valence-corrected chi connectivity index (χ1v) is 4.71. The molecular weight excluding hydrogens is 174 g/mol. The van der Waals surface area contributed by atoms with Gasteiger partial charge in [-0.2, -0.15) is 0 Å². The number of fused-ring (bicyclic) bond motifs is 1. The van der Waals surface area contributed by atoms with Crippen molar-refractivity contribution in [1.82, 2.24) is 4.90 Å². The molecule has 0 saturated carbocycles. The van der Waals surface area contributed by atoms with Gasteiger partial charge in [0.2, 0.25) is 0 Å². The molecule has 0 fully saturated rings. The van der Waals surface area contributed by atoms with E-state index in [0.29, 0.717) is 6.54 Å². The number of rotatable bonds is 0. The molecule has 0 N–H and O–H groups in total. The Bertz CT molecular complexity index is 407. The van der Waals surface area contributed by atoms with Gasteiger partial charge in [0.25, 0.3) is 5.91 Å². The summed E-state index contributed by atoms with van der Waals surface area (Å²) in [5, 5.41) is 0. The van der Waals surface area contributed by atoms with Gasteiger partial charge >= 0.3 is 0 Å². The van der Waals surface area contributed by atoms with E-state index in [9.17, 15) is 4.79 Å². The Morgan fingerprint density at radius 2 is 2.14 bits per heavy atom. The van der Waals surface area contributed by atoms with E-state index in [2.05, 4.69) is 0 Å². The van der Waals surface area contributed by atoms with Gasteiger partial charge in [-0.05, 0) is 18.6 Å². The summed E-state index contributed by atoms with van der Waals surface area (Å²) in [6.07, 6.45) is 4.02. The fraction of sp³-hybridized carbons (Fsp3) is 0.250. The van der Waals surface area contributed by atoms with Gasteiger partial charge in [0.05, 0.1) is 0 Å². The van der Waals surface area contributed by atoms with Crippen molar-refractivity contribution in [3.8, 4) is 0 Å². The molecule has 1 aliphatic rings. The zero-order chi connectivity index (χ0) is 10.1. The fourth-order valence-electron chi connectivity index (χ4n) is 1.63. The van der Waals surface area contributed by atoms with Crippen LogP contribution in [0.3, 0.4) is 0 Å². The van der Waals surface area contributed by atoms with Crippen LogP contribution in [0.4, 0.5) is 0 Å². The average molecular weight is 187 g/mol. The van der Waals surface area contributed by atoms with Crippen LogP contribution in [0.5, 0.6) is 0 Å². The van der Waals surface area contributed by atoms with Gasteiger partial charge in [-0.3, -0.25) is 4.79 Å². The number of nitrogens with zero attached hydrogens (tertiary/aromatic N) is 1. The summed E-state index contributed by atoms with van der Waals surface area (Å²) in [6, 6.07) is 5.98. The lowest BCUT2D eigenvalue weighted by Gasteiger charge is -2.14. The minimum Gasteiger partial charge on any atom is -0.338 e. The van der Waals surface area contributed by atoms with E-state index < -0.39 is 0 Å². The van der Waals surface area contributed by atoms with Crippen LogP contribution in [0.15, 0.2) is 24.3 Å². The smallest absolute Gasteiger partial charge is 0.254 e. The van der Waals surface area contributed by atoms with Gasteiger partial charge in [0.15, 0.2) is 0 Å². The molecule has 2 nitrogen and oxygen atoms in total. The summed E-state index contributed by atoms with van der Waals surface area (Å²) in [5.41, 5.74) is 2.95. The second-order valence-corrected chi connectivity index (χ2v) is 3.68. The molecular formula is C12H13NO. The van der Waals surface area contributed by atoms with Crippen LogP contribution in [0, 0.1) is 6.92 Å². The minimum absolute atomic E-state index is 0.105. The number of aryl methyl sites for hydroxylation is 1. The highest BCUT2D eigenvalue weighted by Crippen LogP contribution is 2.17. The van der Waals surface area contributed by atoms with E-state index in [4.69, 9.17) is 0 Å². The highest BCUT2D eigenvalue weighted by molar-refractivity contribution is 5.98. The standard InChI is InChI=1S/C12H13NO/c1-9-5-6-10-4-3-7-13(2)12(14)11(10)8-9/h3-6,8H,7H2,1-2H3. The first-order chi connectivity index (χ1) is 6.68. The number of benzene rings is 1. The fourth-order valence-corrected chi connectivity index (χ4v) is 1.63. The molecule has 1 heterocycles. The van der Waals surface area contributed by atoms with Crippen molar-refractivity contribution >= 4 is 12.0 Å². The first-order valence-electron chi connectivity index (χ1n) is 4.71. The van der Waals surface area contributed by atoms with Gasteiger partial charge in [-0.1, -0.05) is 29.8 Å². The molecule has 0 spiro atoms. The highest BCUT2D eigenvalue weighted by Gasteiger charge is 2.16. The average Bonchev–Trinajstić information content (AvgIpc) is 2.30. The van der Waals surface area contributed by atoms with Crippen molar-refractivity contribution in [2.45, 2.75) is 6.92 Å². The number of likely N-dealkylation sites (N-methyl/N-ethyl adjacent to an activating group) is 1. The summed E-state index contributed by atoms with van der Waals surface area (Å²) >= 11 is 0. The molecule has 0 unspecified atom stereocenters. The van der Waals surface area contributed by atoms with Crippen LogP contribution in [0.25, 0.3) is 6.08 Å². The van der Waals surface area contributed by atoms with E-state index in [1.54, 1.807) is 4.90 Å². The third-order valence-electron chi connectivity index (χ3n) is 2.46. The third-order valence-corrected chi connectivity index (χ3v) is 2.46. The molecule has 1 aromatic carbocycles. The van der Waals surface area contributed by atoms with Gasteiger partial charge in [0.1, 0.15) is 0 Å². The first kappa shape index (κ1) is 9.00. The molecule has 2 heteroatoms. The number of amides is 1. The molecule has 0 aliphatic carbocycles. The maximum Gasteiger partial charge on any atom is 0.254 e. The predicted octanol–water partition coefficient (Wildman–Crippen LogP) is 2.09. The van der Waals surface area contributed by atoms with Crippen LogP contribution in [0.2, 0.25) is 0 Å². The van der Waals surface area contributed by atoms with E-state index in [1.807, 2.05) is 44.3 Å². The van der Waals surface area contributed by atoms with Crippen molar-refractivity contribution in [2.24, 2.45) is 0 Å². The quantitative estimate of drug-likeness (QED) is 0.609. The summed E-state index contributed by atoms with van der Waals surface area (Å²) in [5.74, 6) is 0.105. The number of carbonyl (C=O) groups excluding carboxylic acids is 1. The molecule has 0 aromatic heterocycles. The highest BCUT2D eigenvalue weighted by atomic mass is 16.2. The van der Waals surface area contributed by atoms with Crippen LogP contribution < -0.4 is 0 Å². The SMILES string of the molecule is Cc1ccc2c(c1)C(=O)N(C)CC=C2. The summed E-state index contributed by atoms with van der Waals surface area (Å²) in [4.78, 5) is 13.6. The molecule has 0 atom stereocenters. The van der Waals surface area contributed by atoms with Gasteiger partial charge < -0.3 is 4.90 Å². The monoisotopic (exact) mass is 187 g/mol. The van der Waals surface area contributed by atoms with Gasteiger partial charge in [-0.25, -0.2) is 0 Å². The Hall–Kier alpha value is -1.57. The molecule has 0 radical (unpaired) electrons. The molecule has 1 amide bonds. The number of hydrogen-bond donors (Lipinski definition) is 0. The lowest BCUT2D eigenvalue weighted by atomic mass is 10.0. The van der Waals surface area contributed by atoms with Crippen molar-refractivity contribution in [1.29, 1.82) is 0 Å². The summed E-state index contributed by atoms with van der Waals surface area (Å²) in [6.45, 7) is 2.69. The molecule has 1 aromatic rings.